The fraction of sp³-hybridized carbons (Fsp3) is 0.556. The molecule has 0 heterocycles. The van der Waals surface area contributed by atoms with Gasteiger partial charge in [-0.25, -0.2) is 0 Å². The minimum absolute atomic E-state index is 0.0206. The van der Waals surface area contributed by atoms with E-state index in [2.05, 4.69) is 20.8 Å². The van der Waals surface area contributed by atoms with E-state index >= 15 is 0 Å². The number of carbonyl (C=O) groups excluding carboxylic acids is 1. The van der Waals surface area contributed by atoms with Crippen LogP contribution in [0.3, 0.4) is 0 Å². The zero-order valence-electron chi connectivity index (χ0n) is 13.8. The van der Waals surface area contributed by atoms with Crippen molar-refractivity contribution in [2.45, 2.75) is 45.4 Å². The fourth-order valence-electron chi connectivity index (χ4n) is 3.02. The second-order valence-corrected chi connectivity index (χ2v) is 7.24. The molecule has 1 amide bonds. The van der Waals surface area contributed by atoms with E-state index in [1.807, 2.05) is 24.3 Å². The maximum absolute atomic E-state index is 12.5. The Morgan fingerprint density at radius 2 is 1.64 bits per heavy atom. The van der Waals surface area contributed by atoms with Crippen LogP contribution in [0.25, 0.3) is 0 Å². The van der Waals surface area contributed by atoms with E-state index in [0.717, 1.165) is 5.69 Å². The van der Waals surface area contributed by atoms with Gasteiger partial charge >= 0.3 is 5.97 Å². The van der Waals surface area contributed by atoms with Crippen LogP contribution in [0.15, 0.2) is 24.3 Å². The summed E-state index contributed by atoms with van der Waals surface area (Å²) in [7, 11) is 1.77. The maximum atomic E-state index is 12.5. The molecule has 1 aliphatic rings. The Balaban J connectivity index is 2.06. The molecule has 0 spiro atoms. The van der Waals surface area contributed by atoms with Gasteiger partial charge in [0.1, 0.15) is 0 Å². The number of carboxylic acids is 1. The number of anilines is 1. The summed E-state index contributed by atoms with van der Waals surface area (Å²) in [5.74, 6) is -1.31. The molecule has 0 bridgehead atoms. The van der Waals surface area contributed by atoms with Crippen LogP contribution in [0.4, 0.5) is 5.69 Å². The number of amides is 1. The fourth-order valence-corrected chi connectivity index (χ4v) is 3.02. The van der Waals surface area contributed by atoms with E-state index in [1.54, 1.807) is 11.9 Å². The molecule has 1 fully saturated rings. The van der Waals surface area contributed by atoms with E-state index in [9.17, 15) is 9.59 Å². The van der Waals surface area contributed by atoms with Crippen LogP contribution >= 0.6 is 0 Å². The molecule has 4 nitrogen and oxygen atoms in total. The van der Waals surface area contributed by atoms with Crippen LogP contribution in [0.1, 0.15) is 45.6 Å². The third-order valence-electron chi connectivity index (χ3n) is 4.58. The molecule has 1 N–H and O–H groups in total. The Morgan fingerprint density at radius 3 is 2.09 bits per heavy atom. The second-order valence-electron chi connectivity index (χ2n) is 7.24. The Morgan fingerprint density at radius 1 is 1.09 bits per heavy atom. The molecular weight excluding hydrogens is 278 g/mol. The first-order chi connectivity index (χ1) is 10.2. The number of hydrogen-bond acceptors (Lipinski definition) is 2. The van der Waals surface area contributed by atoms with E-state index in [1.165, 1.54) is 5.56 Å². The number of benzene rings is 1. The lowest BCUT2D eigenvalue weighted by Crippen LogP contribution is -2.32. The van der Waals surface area contributed by atoms with Gasteiger partial charge in [-0.3, -0.25) is 9.59 Å². The summed E-state index contributed by atoms with van der Waals surface area (Å²) in [6.45, 7) is 6.46. The van der Waals surface area contributed by atoms with Gasteiger partial charge in [0.25, 0.3) is 0 Å². The lowest BCUT2D eigenvalue weighted by Gasteiger charge is -2.23. The third-order valence-corrected chi connectivity index (χ3v) is 4.58. The highest BCUT2D eigenvalue weighted by Gasteiger charge is 2.35. The smallest absolute Gasteiger partial charge is 0.306 e. The first kappa shape index (κ1) is 16.5. The molecule has 1 aliphatic carbocycles. The topological polar surface area (TPSA) is 57.6 Å². The van der Waals surface area contributed by atoms with Crippen molar-refractivity contribution in [1.82, 2.24) is 0 Å². The second kappa shape index (κ2) is 6.11. The molecule has 2 atom stereocenters. The van der Waals surface area contributed by atoms with Gasteiger partial charge in [-0.2, -0.15) is 0 Å². The zero-order chi connectivity index (χ0) is 16.5. The highest BCUT2D eigenvalue weighted by Crippen LogP contribution is 2.33. The maximum Gasteiger partial charge on any atom is 0.306 e. The first-order valence-corrected chi connectivity index (χ1v) is 7.81. The molecule has 1 aromatic carbocycles. The summed E-state index contributed by atoms with van der Waals surface area (Å²) in [5, 5.41) is 9.05. The summed E-state index contributed by atoms with van der Waals surface area (Å²) in [5.41, 5.74) is 2.17. The van der Waals surface area contributed by atoms with Gasteiger partial charge in [0.2, 0.25) is 5.91 Å². The summed E-state index contributed by atoms with van der Waals surface area (Å²) in [6.07, 6.45) is 1.72. The van der Waals surface area contributed by atoms with Crippen molar-refractivity contribution in [2.24, 2.45) is 11.8 Å². The number of carboxylic acid groups (broad SMARTS) is 1. The van der Waals surface area contributed by atoms with Gasteiger partial charge in [0, 0.05) is 18.7 Å². The third kappa shape index (κ3) is 3.49. The van der Waals surface area contributed by atoms with Crippen LogP contribution in [-0.2, 0) is 15.0 Å². The monoisotopic (exact) mass is 303 g/mol. The van der Waals surface area contributed by atoms with Gasteiger partial charge in [-0.15, -0.1) is 0 Å². The van der Waals surface area contributed by atoms with Crippen molar-refractivity contribution in [3.05, 3.63) is 29.8 Å². The van der Waals surface area contributed by atoms with Crippen molar-refractivity contribution in [3.8, 4) is 0 Å². The Hall–Kier alpha value is -1.84. The van der Waals surface area contributed by atoms with Gasteiger partial charge < -0.3 is 10.0 Å². The van der Waals surface area contributed by atoms with E-state index in [-0.39, 0.29) is 23.2 Å². The molecule has 120 valence electrons. The molecule has 2 rings (SSSR count). The number of carbonyl (C=O) groups is 2. The van der Waals surface area contributed by atoms with Crippen LogP contribution in [0, 0.1) is 11.8 Å². The molecule has 0 radical (unpaired) electrons. The van der Waals surface area contributed by atoms with Gasteiger partial charge in [-0.05, 0) is 42.4 Å². The minimum Gasteiger partial charge on any atom is -0.481 e. The Labute approximate surface area is 132 Å². The number of rotatable bonds is 3. The molecular formula is C18H25NO3. The van der Waals surface area contributed by atoms with Crippen LogP contribution < -0.4 is 4.90 Å². The van der Waals surface area contributed by atoms with E-state index in [0.29, 0.717) is 19.3 Å². The van der Waals surface area contributed by atoms with Crippen molar-refractivity contribution < 1.29 is 14.7 Å². The molecule has 0 aromatic heterocycles. The average molecular weight is 303 g/mol. The highest BCUT2D eigenvalue weighted by molar-refractivity contribution is 5.95. The van der Waals surface area contributed by atoms with Crippen molar-refractivity contribution >= 4 is 17.6 Å². The van der Waals surface area contributed by atoms with Crippen LogP contribution in [0.5, 0.6) is 0 Å². The molecule has 1 saturated carbocycles. The lowest BCUT2D eigenvalue weighted by molar-refractivity contribution is -0.141. The molecule has 22 heavy (non-hydrogen) atoms. The molecule has 0 unspecified atom stereocenters. The van der Waals surface area contributed by atoms with Crippen LogP contribution in [0.2, 0.25) is 0 Å². The summed E-state index contributed by atoms with van der Waals surface area (Å²) in [6, 6.07) is 8.02. The number of nitrogens with zero attached hydrogens (tertiary/aromatic N) is 1. The van der Waals surface area contributed by atoms with Crippen molar-refractivity contribution in [1.29, 1.82) is 0 Å². The summed E-state index contributed by atoms with van der Waals surface area (Å²) >= 11 is 0. The molecule has 0 saturated heterocycles. The largest absolute Gasteiger partial charge is 0.481 e. The predicted octanol–water partition coefficient (Wildman–Crippen LogP) is 3.45. The Kier molecular flexibility index (Phi) is 4.59. The van der Waals surface area contributed by atoms with E-state index in [4.69, 9.17) is 5.11 Å². The lowest BCUT2D eigenvalue weighted by atomic mass is 9.87. The van der Waals surface area contributed by atoms with Crippen LogP contribution in [-0.4, -0.2) is 24.0 Å². The predicted molar refractivity (Wildman–Crippen MR) is 87.0 cm³/mol. The number of hydrogen-bond donors (Lipinski definition) is 1. The van der Waals surface area contributed by atoms with Crippen molar-refractivity contribution in [3.63, 3.8) is 0 Å². The number of aliphatic carboxylic acids is 1. The minimum atomic E-state index is -0.785. The van der Waals surface area contributed by atoms with Gasteiger partial charge in [0.05, 0.1) is 5.92 Å². The standard InChI is InChI=1S/C18H25NO3/c1-18(2,3)14-7-9-15(10-8-14)19(4)16(20)12-5-6-13(11-12)17(21)22/h7-10,12-13H,5-6,11H2,1-4H3,(H,21,22)/t12-,13+/m1/s1. The molecule has 4 heteroatoms. The quantitative estimate of drug-likeness (QED) is 0.930. The van der Waals surface area contributed by atoms with Crippen molar-refractivity contribution in [2.75, 3.05) is 11.9 Å². The summed E-state index contributed by atoms with van der Waals surface area (Å²) in [4.78, 5) is 25.2. The van der Waals surface area contributed by atoms with Gasteiger partial charge in [-0.1, -0.05) is 32.9 Å². The molecule has 1 aromatic rings. The normalized spacial score (nSPS) is 21.6. The Bertz CT molecular complexity index is 557. The highest BCUT2D eigenvalue weighted by atomic mass is 16.4. The zero-order valence-corrected chi connectivity index (χ0v) is 13.8. The van der Waals surface area contributed by atoms with Gasteiger partial charge in [0.15, 0.2) is 0 Å². The molecule has 0 aliphatic heterocycles. The SMILES string of the molecule is CN(C(=O)[C@@H]1CC[C@H](C(=O)O)C1)c1ccc(C(C)(C)C)cc1. The average Bonchev–Trinajstić information content (AvgIpc) is 2.95. The van der Waals surface area contributed by atoms with E-state index < -0.39 is 5.97 Å². The summed E-state index contributed by atoms with van der Waals surface area (Å²) < 4.78 is 0. The first-order valence-electron chi connectivity index (χ1n) is 7.81.